The largest absolute Gasteiger partial charge is 0.315 e. The lowest BCUT2D eigenvalue weighted by Gasteiger charge is -2.19. The van der Waals surface area contributed by atoms with Crippen LogP contribution in [0.4, 0.5) is 4.39 Å². The van der Waals surface area contributed by atoms with E-state index in [0.717, 1.165) is 31.5 Å². The van der Waals surface area contributed by atoms with Crippen molar-refractivity contribution in [2.75, 3.05) is 13.1 Å². The van der Waals surface area contributed by atoms with Crippen LogP contribution in [0.15, 0.2) is 18.2 Å². The SMILES string of the molecule is Fc1cccc2c1CCC2NC1CCNC1. The molecule has 3 heteroatoms. The second-order valence-corrected chi connectivity index (χ2v) is 4.76. The second kappa shape index (κ2) is 4.15. The summed E-state index contributed by atoms with van der Waals surface area (Å²) in [6.07, 6.45) is 3.09. The van der Waals surface area contributed by atoms with E-state index in [-0.39, 0.29) is 5.82 Å². The Balaban J connectivity index is 1.78. The number of halogens is 1. The third kappa shape index (κ3) is 1.74. The number of fused-ring (bicyclic) bond motifs is 1. The minimum Gasteiger partial charge on any atom is -0.315 e. The molecular weight excluding hydrogens is 203 g/mol. The van der Waals surface area contributed by atoms with Crippen LogP contribution in [0, 0.1) is 5.82 Å². The third-order valence-electron chi connectivity index (χ3n) is 3.71. The van der Waals surface area contributed by atoms with Crippen LogP contribution in [0.1, 0.15) is 30.0 Å². The van der Waals surface area contributed by atoms with Crippen molar-refractivity contribution in [1.82, 2.24) is 10.6 Å². The van der Waals surface area contributed by atoms with Gasteiger partial charge < -0.3 is 10.6 Å². The van der Waals surface area contributed by atoms with Crippen molar-refractivity contribution in [2.24, 2.45) is 0 Å². The van der Waals surface area contributed by atoms with E-state index >= 15 is 0 Å². The first-order chi connectivity index (χ1) is 7.84. The standard InChI is InChI=1S/C13H17FN2/c14-12-3-1-2-11-10(12)4-5-13(11)16-9-6-7-15-8-9/h1-3,9,13,15-16H,4-8H2. The van der Waals surface area contributed by atoms with Crippen molar-refractivity contribution in [3.8, 4) is 0 Å². The molecule has 0 saturated carbocycles. The molecule has 1 aliphatic carbocycles. The maximum atomic E-state index is 13.5. The van der Waals surface area contributed by atoms with Crippen LogP contribution in [0.3, 0.4) is 0 Å². The van der Waals surface area contributed by atoms with E-state index in [9.17, 15) is 4.39 Å². The summed E-state index contributed by atoms with van der Waals surface area (Å²) < 4.78 is 13.5. The molecule has 1 fully saturated rings. The van der Waals surface area contributed by atoms with Crippen molar-refractivity contribution in [2.45, 2.75) is 31.3 Å². The lowest BCUT2D eigenvalue weighted by atomic mass is 10.1. The predicted molar refractivity (Wildman–Crippen MR) is 61.9 cm³/mol. The van der Waals surface area contributed by atoms with E-state index in [1.165, 1.54) is 12.0 Å². The van der Waals surface area contributed by atoms with E-state index in [1.807, 2.05) is 6.07 Å². The van der Waals surface area contributed by atoms with Crippen LogP contribution >= 0.6 is 0 Å². The Bertz CT molecular complexity index is 386. The monoisotopic (exact) mass is 220 g/mol. The molecule has 0 spiro atoms. The van der Waals surface area contributed by atoms with Crippen molar-refractivity contribution in [3.05, 3.63) is 35.1 Å². The van der Waals surface area contributed by atoms with Crippen molar-refractivity contribution >= 4 is 0 Å². The summed E-state index contributed by atoms with van der Waals surface area (Å²) in [6.45, 7) is 2.14. The summed E-state index contributed by atoms with van der Waals surface area (Å²) in [5.41, 5.74) is 2.10. The zero-order valence-corrected chi connectivity index (χ0v) is 9.30. The number of nitrogens with one attached hydrogen (secondary N) is 2. The van der Waals surface area contributed by atoms with Crippen LogP contribution in [0.5, 0.6) is 0 Å². The average molecular weight is 220 g/mol. The molecule has 16 heavy (non-hydrogen) atoms. The van der Waals surface area contributed by atoms with Crippen LogP contribution in [0.2, 0.25) is 0 Å². The highest BCUT2D eigenvalue weighted by molar-refractivity contribution is 5.35. The minimum atomic E-state index is -0.0358. The molecule has 1 saturated heterocycles. The van der Waals surface area contributed by atoms with Gasteiger partial charge in [-0.3, -0.25) is 0 Å². The Morgan fingerprint density at radius 2 is 2.25 bits per heavy atom. The van der Waals surface area contributed by atoms with Gasteiger partial charge in [0.1, 0.15) is 5.82 Å². The molecule has 1 heterocycles. The molecule has 0 bridgehead atoms. The molecule has 0 amide bonds. The van der Waals surface area contributed by atoms with E-state index < -0.39 is 0 Å². The quantitative estimate of drug-likeness (QED) is 0.793. The zero-order chi connectivity index (χ0) is 11.0. The van der Waals surface area contributed by atoms with Gasteiger partial charge in [0.15, 0.2) is 0 Å². The van der Waals surface area contributed by atoms with Gasteiger partial charge in [0.05, 0.1) is 0 Å². The molecule has 2 atom stereocenters. The van der Waals surface area contributed by atoms with E-state index in [4.69, 9.17) is 0 Å². The minimum absolute atomic E-state index is 0.0358. The summed E-state index contributed by atoms with van der Waals surface area (Å²) in [6, 6.07) is 6.36. The molecule has 3 rings (SSSR count). The normalized spacial score (nSPS) is 28.3. The van der Waals surface area contributed by atoms with Gasteiger partial charge >= 0.3 is 0 Å². The van der Waals surface area contributed by atoms with Gasteiger partial charge in [-0.05, 0) is 43.0 Å². The van der Waals surface area contributed by atoms with Gasteiger partial charge in [0.2, 0.25) is 0 Å². The van der Waals surface area contributed by atoms with Crippen LogP contribution in [-0.4, -0.2) is 19.1 Å². The molecule has 1 aromatic carbocycles. The molecule has 2 nitrogen and oxygen atoms in total. The summed E-state index contributed by atoms with van der Waals surface area (Å²) in [5, 5.41) is 6.98. The Morgan fingerprint density at radius 3 is 3.06 bits per heavy atom. The van der Waals surface area contributed by atoms with Gasteiger partial charge in [-0.2, -0.15) is 0 Å². The summed E-state index contributed by atoms with van der Waals surface area (Å²) in [5.74, 6) is -0.0358. The van der Waals surface area contributed by atoms with Gasteiger partial charge in [0, 0.05) is 18.6 Å². The van der Waals surface area contributed by atoms with Gasteiger partial charge in [0.25, 0.3) is 0 Å². The maximum absolute atomic E-state index is 13.5. The molecular formula is C13H17FN2. The Hall–Kier alpha value is -0.930. The zero-order valence-electron chi connectivity index (χ0n) is 9.30. The van der Waals surface area contributed by atoms with Gasteiger partial charge in [-0.1, -0.05) is 12.1 Å². The highest BCUT2D eigenvalue weighted by Gasteiger charge is 2.27. The van der Waals surface area contributed by atoms with E-state index in [2.05, 4.69) is 16.7 Å². The van der Waals surface area contributed by atoms with Crippen LogP contribution < -0.4 is 10.6 Å². The molecule has 1 aromatic rings. The Kier molecular flexibility index (Phi) is 2.65. The number of rotatable bonds is 2. The molecule has 2 aliphatic rings. The first-order valence-corrected chi connectivity index (χ1v) is 6.08. The molecule has 1 aliphatic heterocycles. The Labute approximate surface area is 95.2 Å². The lowest BCUT2D eigenvalue weighted by molar-refractivity contribution is 0.452. The fourth-order valence-electron chi connectivity index (χ4n) is 2.86. The highest BCUT2D eigenvalue weighted by Crippen LogP contribution is 2.33. The van der Waals surface area contributed by atoms with Gasteiger partial charge in [-0.15, -0.1) is 0 Å². The van der Waals surface area contributed by atoms with Crippen molar-refractivity contribution < 1.29 is 4.39 Å². The molecule has 86 valence electrons. The van der Waals surface area contributed by atoms with E-state index in [0.29, 0.717) is 12.1 Å². The number of hydrogen-bond acceptors (Lipinski definition) is 2. The lowest BCUT2D eigenvalue weighted by Crippen LogP contribution is -2.33. The molecule has 0 aromatic heterocycles. The maximum Gasteiger partial charge on any atom is 0.126 e. The molecule has 2 unspecified atom stereocenters. The summed E-state index contributed by atoms with van der Waals surface area (Å²) in [7, 11) is 0. The van der Waals surface area contributed by atoms with Crippen LogP contribution in [0.25, 0.3) is 0 Å². The first-order valence-electron chi connectivity index (χ1n) is 6.08. The fraction of sp³-hybridized carbons (Fsp3) is 0.538. The Morgan fingerprint density at radius 1 is 1.31 bits per heavy atom. The first kappa shape index (κ1) is 10.2. The molecule has 0 radical (unpaired) electrons. The second-order valence-electron chi connectivity index (χ2n) is 4.76. The topological polar surface area (TPSA) is 24.1 Å². The number of benzene rings is 1. The fourth-order valence-corrected chi connectivity index (χ4v) is 2.86. The van der Waals surface area contributed by atoms with Gasteiger partial charge in [-0.25, -0.2) is 4.39 Å². The number of hydrogen-bond donors (Lipinski definition) is 2. The summed E-state index contributed by atoms with van der Waals surface area (Å²) >= 11 is 0. The predicted octanol–water partition coefficient (Wildman–Crippen LogP) is 1.76. The van der Waals surface area contributed by atoms with Crippen molar-refractivity contribution in [3.63, 3.8) is 0 Å². The van der Waals surface area contributed by atoms with E-state index in [1.54, 1.807) is 6.07 Å². The molecule has 2 N–H and O–H groups in total. The van der Waals surface area contributed by atoms with Crippen molar-refractivity contribution in [1.29, 1.82) is 0 Å². The average Bonchev–Trinajstić information content (AvgIpc) is 2.90. The van der Waals surface area contributed by atoms with Crippen LogP contribution in [-0.2, 0) is 6.42 Å². The smallest absolute Gasteiger partial charge is 0.126 e. The highest BCUT2D eigenvalue weighted by atomic mass is 19.1. The summed E-state index contributed by atoms with van der Waals surface area (Å²) in [4.78, 5) is 0. The third-order valence-corrected chi connectivity index (χ3v) is 3.71.